The molecule has 2 N–H and O–H groups in total. The molecule has 5 nitrogen and oxygen atoms in total. The topological polar surface area (TPSA) is 70.9 Å². The second-order valence-corrected chi connectivity index (χ2v) is 6.49. The summed E-state index contributed by atoms with van der Waals surface area (Å²) in [7, 11) is 1.41. The van der Waals surface area contributed by atoms with Gasteiger partial charge in [0.15, 0.2) is 16.7 Å². The fourth-order valence-corrected chi connectivity index (χ4v) is 3.13. The van der Waals surface area contributed by atoms with Crippen LogP contribution < -0.4 is 10.1 Å². The number of ether oxygens (including phenoxy) is 1. The predicted octanol–water partition coefficient (Wildman–Crippen LogP) is 4.31. The number of phenols is 1. The van der Waals surface area contributed by atoms with Gasteiger partial charge in [-0.2, -0.15) is 13.2 Å². The first-order valence-corrected chi connectivity index (χ1v) is 8.42. The van der Waals surface area contributed by atoms with Gasteiger partial charge in [-0.05, 0) is 53.7 Å². The highest BCUT2D eigenvalue weighted by Crippen LogP contribution is 2.34. The van der Waals surface area contributed by atoms with Gasteiger partial charge in [-0.3, -0.25) is 4.79 Å². The number of halogens is 3. The maximum absolute atomic E-state index is 12.8. The third-order valence-corrected chi connectivity index (χ3v) is 4.47. The molecule has 1 saturated heterocycles. The van der Waals surface area contributed by atoms with Crippen molar-refractivity contribution in [1.29, 1.82) is 0 Å². The van der Waals surface area contributed by atoms with Gasteiger partial charge in [0.05, 0.1) is 23.3 Å². The Labute approximate surface area is 156 Å². The molecule has 2 aromatic carbocycles. The van der Waals surface area contributed by atoms with Crippen LogP contribution in [0.1, 0.15) is 11.1 Å². The molecule has 140 valence electrons. The van der Waals surface area contributed by atoms with Crippen molar-refractivity contribution >= 4 is 34.6 Å². The molecule has 0 unspecified atom stereocenters. The van der Waals surface area contributed by atoms with Gasteiger partial charge >= 0.3 is 6.18 Å². The van der Waals surface area contributed by atoms with Crippen LogP contribution in [0.4, 0.5) is 18.9 Å². The summed E-state index contributed by atoms with van der Waals surface area (Å²) < 4.78 is 43.3. The lowest BCUT2D eigenvalue weighted by Crippen LogP contribution is -2.19. The van der Waals surface area contributed by atoms with E-state index in [1.807, 2.05) is 0 Å². The first-order chi connectivity index (χ1) is 12.8. The number of nitrogens with one attached hydrogen (secondary N) is 1. The van der Waals surface area contributed by atoms with Gasteiger partial charge < -0.3 is 15.2 Å². The Balaban J connectivity index is 1.84. The molecule has 1 heterocycles. The van der Waals surface area contributed by atoms with Crippen molar-refractivity contribution in [2.45, 2.75) is 6.18 Å². The lowest BCUT2D eigenvalue weighted by molar-refractivity contribution is -0.137. The van der Waals surface area contributed by atoms with E-state index >= 15 is 0 Å². The number of nitrogens with zero attached hydrogens (tertiary/aromatic N) is 1. The fourth-order valence-electron chi connectivity index (χ4n) is 2.28. The Morgan fingerprint density at radius 2 is 2.00 bits per heavy atom. The van der Waals surface area contributed by atoms with Gasteiger partial charge in [-0.25, -0.2) is 4.99 Å². The number of aliphatic imine (C=N–C) groups is 1. The number of aromatic hydroxyl groups is 1. The highest BCUT2D eigenvalue weighted by molar-refractivity contribution is 8.18. The van der Waals surface area contributed by atoms with E-state index in [1.54, 1.807) is 18.2 Å². The Bertz CT molecular complexity index is 955. The van der Waals surface area contributed by atoms with Crippen molar-refractivity contribution < 1.29 is 27.8 Å². The summed E-state index contributed by atoms with van der Waals surface area (Å²) in [5.74, 6) is -0.196. The average Bonchev–Trinajstić information content (AvgIpc) is 2.95. The highest BCUT2D eigenvalue weighted by Gasteiger charge is 2.30. The number of hydrogen-bond donors (Lipinski definition) is 2. The number of rotatable bonds is 3. The molecule has 0 aliphatic carbocycles. The second kappa shape index (κ2) is 7.36. The molecule has 2 aromatic rings. The number of methoxy groups -OCH3 is 1. The summed E-state index contributed by atoms with van der Waals surface area (Å²) in [5.41, 5.74) is -0.117. The highest BCUT2D eigenvalue weighted by atomic mass is 32.2. The van der Waals surface area contributed by atoms with Gasteiger partial charge in [0.25, 0.3) is 5.91 Å². The van der Waals surface area contributed by atoms with Gasteiger partial charge in [-0.1, -0.05) is 12.1 Å². The molecule has 0 radical (unpaired) electrons. The Morgan fingerprint density at radius 1 is 1.22 bits per heavy atom. The number of carbonyl (C=O) groups is 1. The van der Waals surface area contributed by atoms with Gasteiger partial charge in [0.2, 0.25) is 0 Å². The summed E-state index contributed by atoms with van der Waals surface area (Å²) in [6.07, 6.45) is -2.90. The van der Waals surface area contributed by atoms with E-state index in [0.29, 0.717) is 10.5 Å². The maximum atomic E-state index is 12.8. The van der Waals surface area contributed by atoms with Crippen LogP contribution in [-0.4, -0.2) is 23.3 Å². The zero-order valence-electron chi connectivity index (χ0n) is 13.9. The smallest absolute Gasteiger partial charge is 0.416 e. The molecule has 9 heteroatoms. The average molecular weight is 394 g/mol. The number of carbonyl (C=O) groups excluding carboxylic acids is 1. The number of benzene rings is 2. The van der Waals surface area contributed by atoms with Crippen LogP contribution in [0, 0.1) is 0 Å². The number of thioether (sulfide) groups is 1. The quantitative estimate of drug-likeness (QED) is 0.761. The zero-order chi connectivity index (χ0) is 19.6. The summed E-state index contributed by atoms with van der Waals surface area (Å²) in [4.78, 5) is 16.5. The van der Waals surface area contributed by atoms with E-state index in [0.717, 1.165) is 23.9 Å². The molecule has 1 aliphatic rings. The summed E-state index contributed by atoms with van der Waals surface area (Å²) >= 11 is 1.01. The van der Waals surface area contributed by atoms with E-state index in [9.17, 15) is 23.1 Å². The first-order valence-electron chi connectivity index (χ1n) is 7.60. The third-order valence-electron chi connectivity index (χ3n) is 3.56. The van der Waals surface area contributed by atoms with Crippen LogP contribution in [0.5, 0.6) is 11.5 Å². The first kappa shape index (κ1) is 18.8. The number of hydrogen-bond acceptors (Lipinski definition) is 5. The molecule has 1 aliphatic heterocycles. The van der Waals surface area contributed by atoms with Crippen LogP contribution in [0.15, 0.2) is 52.4 Å². The molecule has 1 amide bonds. The Kier molecular flexibility index (Phi) is 5.13. The molecule has 27 heavy (non-hydrogen) atoms. The molecule has 3 rings (SSSR count). The number of amidine groups is 1. The summed E-state index contributed by atoms with van der Waals surface area (Å²) in [6.45, 7) is 0. The van der Waals surface area contributed by atoms with Crippen molar-refractivity contribution in [3.8, 4) is 11.5 Å². The molecule has 0 atom stereocenters. The fraction of sp³-hybridized carbons (Fsp3) is 0.111. The number of phenolic OH excluding ortho intramolecular Hbond substituents is 1. The SMILES string of the molecule is COc1cc(/C=C2/SC(=Nc3cccc(C(F)(F)F)c3)NC2=O)ccc1O. The lowest BCUT2D eigenvalue weighted by Gasteiger charge is -2.06. The normalized spacial score (nSPS) is 17.4. The van der Waals surface area contributed by atoms with Crippen LogP contribution in [-0.2, 0) is 11.0 Å². The Hall–Kier alpha value is -2.94. The molecular weight excluding hydrogens is 381 g/mol. The molecule has 0 bridgehead atoms. The van der Waals surface area contributed by atoms with Gasteiger partial charge in [-0.15, -0.1) is 0 Å². The molecular formula is C18H13F3N2O3S. The van der Waals surface area contributed by atoms with Crippen LogP contribution >= 0.6 is 11.8 Å². The van der Waals surface area contributed by atoms with E-state index < -0.39 is 17.6 Å². The zero-order valence-corrected chi connectivity index (χ0v) is 14.7. The van der Waals surface area contributed by atoms with Crippen LogP contribution in [0.25, 0.3) is 6.08 Å². The van der Waals surface area contributed by atoms with Gasteiger partial charge in [0.1, 0.15) is 0 Å². The maximum Gasteiger partial charge on any atom is 0.416 e. The van der Waals surface area contributed by atoms with E-state index in [2.05, 4.69) is 10.3 Å². The number of alkyl halides is 3. The van der Waals surface area contributed by atoms with Crippen molar-refractivity contribution in [1.82, 2.24) is 5.32 Å². The van der Waals surface area contributed by atoms with Crippen molar-refractivity contribution in [3.63, 3.8) is 0 Å². The second-order valence-electron chi connectivity index (χ2n) is 5.46. The minimum atomic E-state index is -4.47. The predicted molar refractivity (Wildman–Crippen MR) is 96.9 cm³/mol. The Morgan fingerprint density at radius 3 is 2.70 bits per heavy atom. The van der Waals surface area contributed by atoms with Crippen molar-refractivity contribution in [2.24, 2.45) is 4.99 Å². The van der Waals surface area contributed by atoms with Crippen LogP contribution in [0.3, 0.4) is 0 Å². The van der Waals surface area contributed by atoms with Crippen molar-refractivity contribution in [2.75, 3.05) is 7.11 Å². The van der Waals surface area contributed by atoms with Crippen LogP contribution in [0.2, 0.25) is 0 Å². The van der Waals surface area contributed by atoms with Crippen molar-refractivity contribution in [3.05, 3.63) is 58.5 Å². The molecule has 1 fully saturated rings. The van der Waals surface area contributed by atoms with E-state index in [1.165, 1.54) is 25.3 Å². The minimum absolute atomic E-state index is 0.0324. The largest absolute Gasteiger partial charge is 0.504 e. The van der Waals surface area contributed by atoms with Gasteiger partial charge in [0, 0.05) is 0 Å². The standard InChI is InChI=1S/C18H13F3N2O3S/c1-26-14-7-10(5-6-13(14)24)8-15-16(25)23-17(27-15)22-12-4-2-3-11(9-12)18(19,20)21/h2-9,24H,1H3,(H,22,23,25)/b15-8+. The molecule has 0 saturated carbocycles. The minimum Gasteiger partial charge on any atom is -0.504 e. The summed E-state index contributed by atoms with van der Waals surface area (Å²) in [6, 6.07) is 9.11. The summed E-state index contributed by atoms with van der Waals surface area (Å²) in [5, 5.41) is 12.3. The van der Waals surface area contributed by atoms with E-state index in [-0.39, 0.29) is 22.4 Å². The van der Waals surface area contributed by atoms with E-state index in [4.69, 9.17) is 4.74 Å². The third kappa shape index (κ3) is 4.43. The number of amides is 1. The molecule has 0 spiro atoms. The monoisotopic (exact) mass is 394 g/mol. The molecule has 0 aromatic heterocycles. The lowest BCUT2D eigenvalue weighted by atomic mass is 10.2.